The number of aliphatic carboxylic acids is 1. The van der Waals surface area contributed by atoms with Gasteiger partial charge in [-0.3, -0.25) is 4.79 Å². The van der Waals surface area contributed by atoms with E-state index < -0.39 is 12.0 Å². The lowest BCUT2D eigenvalue weighted by Gasteiger charge is -2.15. The van der Waals surface area contributed by atoms with Gasteiger partial charge in [-0.2, -0.15) is 0 Å². The largest absolute Gasteiger partial charge is 0.480 e. The zero-order valence-corrected chi connectivity index (χ0v) is 10.9. The lowest BCUT2D eigenvalue weighted by molar-refractivity contribution is -0.142. The topological polar surface area (TPSA) is 79.3 Å². The molecule has 1 atom stereocenters. The Labute approximate surface area is 110 Å². The molecule has 0 unspecified atom stereocenters. The molecular formula is C12H15ClN2O3. The number of halogens is 1. The Kier molecular flexibility index (Phi) is 5.09. The van der Waals surface area contributed by atoms with Crippen LogP contribution in [-0.2, 0) is 16.0 Å². The summed E-state index contributed by atoms with van der Waals surface area (Å²) in [7, 11) is 0. The number of pyridine rings is 1. The SMILES string of the molecule is CC(C)C(=O)N[C@@H](Cc1ccc(Cl)nc1)C(=O)O. The summed E-state index contributed by atoms with van der Waals surface area (Å²) < 4.78 is 0. The van der Waals surface area contributed by atoms with Crippen LogP contribution in [0.5, 0.6) is 0 Å². The van der Waals surface area contributed by atoms with Crippen LogP contribution in [0.1, 0.15) is 19.4 Å². The number of aromatic nitrogens is 1. The number of carbonyl (C=O) groups is 2. The fourth-order valence-corrected chi connectivity index (χ4v) is 1.41. The molecule has 1 heterocycles. The summed E-state index contributed by atoms with van der Waals surface area (Å²) in [6.45, 7) is 3.41. The van der Waals surface area contributed by atoms with Gasteiger partial charge in [0.15, 0.2) is 0 Å². The third-order valence-electron chi connectivity index (χ3n) is 2.37. The molecule has 0 aliphatic rings. The lowest BCUT2D eigenvalue weighted by Crippen LogP contribution is -2.44. The molecule has 0 aliphatic carbocycles. The number of amides is 1. The summed E-state index contributed by atoms with van der Waals surface area (Å²) in [5.74, 6) is -1.61. The minimum atomic E-state index is -1.07. The second-order valence-corrected chi connectivity index (χ2v) is 4.63. The van der Waals surface area contributed by atoms with Crippen molar-refractivity contribution in [3.05, 3.63) is 29.0 Å². The van der Waals surface area contributed by atoms with E-state index in [1.165, 1.54) is 6.20 Å². The van der Waals surface area contributed by atoms with Gasteiger partial charge < -0.3 is 10.4 Å². The van der Waals surface area contributed by atoms with Gasteiger partial charge in [0.1, 0.15) is 11.2 Å². The van der Waals surface area contributed by atoms with Crippen molar-refractivity contribution >= 4 is 23.5 Å². The van der Waals surface area contributed by atoms with E-state index in [4.69, 9.17) is 16.7 Å². The summed E-state index contributed by atoms with van der Waals surface area (Å²) in [4.78, 5) is 26.4. The van der Waals surface area contributed by atoms with E-state index in [0.717, 1.165) is 0 Å². The second kappa shape index (κ2) is 6.35. The van der Waals surface area contributed by atoms with Crippen molar-refractivity contribution in [1.29, 1.82) is 0 Å². The van der Waals surface area contributed by atoms with E-state index in [1.807, 2.05) is 0 Å². The highest BCUT2D eigenvalue weighted by atomic mass is 35.5. The molecule has 98 valence electrons. The quantitative estimate of drug-likeness (QED) is 0.795. The van der Waals surface area contributed by atoms with Crippen LogP contribution in [0.15, 0.2) is 18.3 Å². The van der Waals surface area contributed by atoms with Crippen LogP contribution < -0.4 is 5.32 Å². The highest BCUT2D eigenvalue weighted by Crippen LogP contribution is 2.08. The molecule has 0 bridgehead atoms. The Hall–Kier alpha value is -1.62. The van der Waals surface area contributed by atoms with Crippen LogP contribution >= 0.6 is 11.6 Å². The lowest BCUT2D eigenvalue weighted by atomic mass is 10.1. The molecule has 0 radical (unpaired) electrons. The molecule has 0 saturated carbocycles. The van der Waals surface area contributed by atoms with Gasteiger partial charge in [0.25, 0.3) is 0 Å². The third-order valence-corrected chi connectivity index (χ3v) is 2.59. The first-order chi connectivity index (χ1) is 8.40. The molecule has 0 saturated heterocycles. The number of nitrogens with zero attached hydrogens (tertiary/aromatic N) is 1. The number of nitrogens with one attached hydrogen (secondary N) is 1. The van der Waals surface area contributed by atoms with Crippen LogP contribution in [0.25, 0.3) is 0 Å². The molecule has 1 rings (SSSR count). The molecule has 0 spiro atoms. The molecule has 18 heavy (non-hydrogen) atoms. The maximum Gasteiger partial charge on any atom is 0.326 e. The Morgan fingerprint density at radius 2 is 2.11 bits per heavy atom. The number of carboxylic acids is 1. The van der Waals surface area contributed by atoms with Crippen LogP contribution in [0.2, 0.25) is 5.15 Å². The molecule has 1 amide bonds. The van der Waals surface area contributed by atoms with E-state index in [0.29, 0.717) is 10.7 Å². The molecule has 0 fully saturated rings. The minimum absolute atomic E-state index is 0.179. The molecule has 5 nitrogen and oxygen atoms in total. The predicted octanol–water partition coefficient (Wildman–Crippen LogP) is 1.50. The Bertz CT molecular complexity index is 431. The number of carboxylic acid groups (broad SMARTS) is 1. The monoisotopic (exact) mass is 270 g/mol. The summed E-state index contributed by atoms with van der Waals surface area (Å²) >= 11 is 5.64. The smallest absolute Gasteiger partial charge is 0.326 e. The molecule has 2 N–H and O–H groups in total. The Morgan fingerprint density at radius 3 is 2.56 bits per heavy atom. The molecule has 0 aliphatic heterocycles. The Balaban J connectivity index is 2.72. The molecular weight excluding hydrogens is 256 g/mol. The van der Waals surface area contributed by atoms with E-state index in [9.17, 15) is 9.59 Å². The Morgan fingerprint density at radius 1 is 1.44 bits per heavy atom. The molecule has 1 aromatic rings. The zero-order valence-electron chi connectivity index (χ0n) is 10.2. The maximum atomic E-state index is 11.5. The summed E-state index contributed by atoms with van der Waals surface area (Å²) in [5.41, 5.74) is 0.704. The van der Waals surface area contributed by atoms with Crippen molar-refractivity contribution in [2.24, 2.45) is 5.92 Å². The van der Waals surface area contributed by atoms with Gasteiger partial charge in [0.2, 0.25) is 5.91 Å². The van der Waals surface area contributed by atoms with E-state index >= 15 is 0 Å². The van der Waals surface area contributed by atoms with Crippen molar-refractivity contribution in [3.8, 4) is 0 Å². The zero-order chi connectivity index (χ0) is 13.7. The highest BCUT2D eigenvalue weighted by molar-refractivity contribution is 6.29. The van der Waals surface area contributed by atoms with Crippen LogP contribution in [0, 0.1) is 5.92 Å². The van der Waals surface area contributed by atoms with Crippen LogP contribution in [-0.4, -0.2) is 28.0 Å². The second-order valence-electron chi connectivity index (χ2n) is 4.25. The standard InChI is InChI=1S/C12H15ClN2O3/c1-7(2)11(16)15-9(12(17)18)5-8-3-4-10(13)14-6-8/h3-4,6-7,9H,5H2,1-2H3,(H,15,16)(H,17,18)/t9-/m0/s1. The molecule has 0 aromatic carbocycles. The van der Waals surface area contributed by atoms with Gasteiger partial charge in [-0.25, -0.2) is 9.78 Å². The average molecular weight is 271 g/mol. The van der Waals surface area contributed by atoms with Gasteiger partial charge in [-0.15, -0.1) is 0 Å². The van der Waals surface area contributed by atoms with Crippen molar-refractivity contribution in [3.63, 3.8) is 0 Å². The first kappa shape index (κ1) is 14.4. The van der Waals surface area contributed by atoms with Crippen LogP contribution in [0.4, 0.5) is 0 Å². The fraction of sp³-hybridized carbons (Fsp3) is 0.417. The van der Waals surface area contributed by atoms with Crippen molar-refractivity contribution in [2.45, 2.75) is 26.3 Å². The first-order valence-corrected chi connectivity index (χ1v) is 5.91. The maximum absolute atomic E-state index is 11.5. The van der Waals surface area contributed by atoms with Gasteiger partial charge in [-0.1, -0.05) is 31.5 Å². The fourth-order valence-electron chi connectivity index (χ4n) is 1.30. The molecule has 1 aromatic heterocycles. The van der Waals surface area contributed by atoms with Gasteiger partial charge in [0, 0.05) is 18.5 Å². The number of carbonyl (C=O) groups excluding carboxylic acids is 1. The average Bonchev–Trinajstić information content (AvgIpc) is 2.30. The van der Waals surface area contributed by atoms with E-state index in [-0.39, 0.29) is 18.2 Å². The normalized spacial score (nSPS) is 12.2. The third kappa shape index (κ3) is 4.33. The number of hydrogen-bond donors (Lipinski definition) is 2. The highest BCUT2D eigenvalue weighted by Gasteiger charge is 2.21. The van der Waals surface area contributed by atoms with E-state index in [1.54, 1.807) is 26.0 Å². The first-order valence-electron chi connectivity index (χ1n) is 5.53. The summed E-state index contributed by atoms with van der Waals surface area (Å²) in [6.07, 6.45) is 1.68. The minimum Gasteiger partial charge on any atom is -0.480 e. The van der Waals surface area contributed by atoms with Crippen molar-refractivity contribution in [1.82, 2.24) is 10.3 Å². The van der Waals surface area contributed by atoms with Gasteiger partial charge in [-0.05, 0) is 11.6 Å². The van der Waals surface area contributed by atoms with Crippen molar-refractivity contribution < 1.29 is 14.7 Å². The number of rotatable bonds is 5. The molecule has 6 heteroatoms. The summed E-state index contributed by atoms with van der Waals surface area (Å²) in [6, 6.07) is 2.32. The van der Waals surface area contributed by atoms with E-state index in [2.05, 4.69) is 10.3 Å². The number of hydrogen-bond acceptors (Lipinski definition) is 3. The van der Waals surface area contributed by atoms with Crippen molar-refractivity contribution in [2.75, 3.05) is 0 Å². The van der Waals surface area contributed by atoms with Gasteiger partial charge >= 0.3 is 5.97 Å². The summed E-state index contributed by atoms with van der Waals surface area (Å²) in [5, 5.41) is 11.9. The van der Waals surface area contributed by atoms with Gasteiger partial charge in [0.05, 0.1) is 0 Å². The predicted molar refractivity (Wildman–Crippen MR) is 67.4 cm³/mol. The van der Waals surface area contributed by atoms with Crippen LogP contribution in [0.3, 0.4) is 0 Å².